The summed E-state index contributed by atoms with van der Waals surface area (Å²) >= 11 is 0. The molecule has 0 atom stereocenters. The van der Waals surface area contributed by atoms with Gasteiger partial charge in [-0.25, -0.2) is 59.2 Å². The van der Waals surface area contributed by atoms with Gasteiger partial charge in [0.2, 0.25) is 11.6 Å². The van der Waals surface area contributed by atoms with E-state index >= 15 is 0 Å². The molecule has 0 heterocycles. The van der Waals surface area contributed by atoms with E-state index in [2.05, 4.69) is 10.6 Å². The van der Waals surface area contributed by atoms with Crippen LogP contribution in [0.2, 0.25) is 0 Å². The zero-order valence-electron chi connectivity index (χ0n) is 45.2. The first kappa shape index (κ1) is 78.4. The van der Waals surface area contributed by atoms with Crippen LogP contribution in [-0.2, 0) is 0 Å². The Hall–Kier alpha value is -4.62. The first-order valence-electron chi connectivity index (χ1n) is 25.1. The van der Waals surface area contributed by atoms with E-state index in [1.807, 2.05) is 0 Å². The highest BCUT2D eigenvalue weighted by atomic mass is 19.4. The zero-order valence-corrected chi connectivity index (χ0v) is 45.2. The number of likely N-dealkylation sites (N-methyl/N-ethyl adjacent to an activating group) is 2. The number of hydrogen-bond acceptors (Lipinski definition) is 16. The van der Waals surface area contributed by atoms with Crippen molar-refractivity contribution in [2.24, 2.45) is 22.9 Å². The number of nitrogens with two attached hydrogens (primary N) is 4. The van der Waals surface area contributed by atoms with Gasteiger partial charge >= 0.3 is 12.5 Å². The van der Waals surface area contributed by atoms with Crippen LogP contribution in [0.4, 0.5) is 81.6 Å². The number of nitrogens with one attached hydrogen (secondary N) is 2. The number of aromatic hydroxyl groups is 2. The number of anilines is 2. The molecule has 0 spiro atoms. The number of nitrogens with zero attached hydrogens (tertiary/aromatic N) is 6. The number of rotatable bonds is 33. The summed E-state index contributed by atoms with van der Waals surface area (Å²) < 4.78 is 189. The van der Waals surface area contributed by atoms with E-state index < -0.39 is 128 Å². The predicted molar refractivity (Wildman–Crippen MR) is 273 cm³/mol. The number of phenols is 2. The van der Waals surface area contributed by atoms with Crippen molar-refractivity contribution < 1.29 is 110 Å². The molecule has 0 unspecified atom stereocenters. The molecule has 0 aromatic heterocycles. The van der Waals surface area contributed by atoms with Crippen molar-refractivity contribution in [3.05, 3.63) is 46.5 Å². The zero-order chi connectivity index (χ0) is 62.6. The summed E-state index contributed by atoms with van der Waals surface area (Å²) in [5, 5.41) is 47.5. The Bertz CT molecular complexity index is 1900. The predicted octanol–water partition coefficient (Wildman–Crippen LogP) is 4.79. The number of halogens is 16. The molecule has 81 heavy (non-hydrogen) atoms. The van der Waals surface area contributed by atoms with Crippen LogP contribution in [0.15, 0.2) is 24.3 Å². The standard InChI is InChI=1S/C26H32F4N4O6.C6H12F4N2.C6H14F2N2.C5H11F3N2.C4H9F3N2/c27-5-11-33(39,12-6-28)15-9-31-17-1-2-18(32-10-16-34(40,13-7-29)14-8-30)22-21(17)25(37)23-19(35)3-4-20(36)24(23)26(22)38;7-5(8)3-12(2-1-11)4-6(9)10;7-1-4-10(5-2-8)6-3-9;1-10(3-2-9)4-5(6,7)8;1-9(3-2-8)4(5,6)7/h1-4,39-40H,5-16H2,(H2-2,31,32,35,36,37,38);5-6H,1-4,11H2;1-6,9H2;2-4,9H2,1H3;2-3,8H2,1H3/p+2. The Morgan fingerprint density at radius 1 is 0.506 bits per heavy atom. The first-order chi connectivity index (χ1) is 37.9. The number of phenolic OH excluding ortho intramolecular Hbond substituents is 2. The molecule has 2 aromatic rings. The minimum atomic E-state index is -4.24. The lowest BCUT2D eigenvalue weighted by molar-refractivity contribution is -1.10. The average molecular weight is 1210 g/mol. The molecule has 0 bridgehead atoms. The van der Waals surface area contributed by atoms with Crippen LogP contribution in [0.3, 0.4) is 0 Å². The van der Waals surface area contributed by atoms with E-state index in [0.29, 0.717) is 26.2 Å². The molecular weight excluding hydrogens is 1130 g/mol. The number of carbonyl (C=O) groups is 2. The highest BCUT2D eigenvalue weighted by molar-refractivity contribution is 6.33. The third-order valence-electron chi connectivity index (χ3n) is 11.3. The quantitative estimate of drug-likeness (QED) is 0.0129. The van der Waals surface area contributed by atoms with Crippen LogP contribution >= 0.6 is 0 Å². The molecule has 474 valence electrons. The Morgan fingerprint density at radius 2 is 0.852 bits per heavy atom. The SMILES string of the molecule is CN(CCN)C(F)(F)F.CN(CCN)CC(F)(F)F.NCCN(CC(F)F)CC(F)F.NCCN(CCF)CCF.O=C1c2c(O)ccc(O)c2C(=O)c2c(NCC[N+](O)(CCF)CCF)ccc(NCC[N+](O)(CCF)CCF)c21. The van der Waals surface area contributed by atoms with E-state index in [1.165, 1.54) is 19.2 Å². The lowest BCUT2D eigenvalue weighted by atomic mass is 9.81. The van der Waals surface area contributed by atoms with Crippen LogP contribution < -0.4 is 33.6 Å². The van der Waals surface area contributed by atoms with Crippen LogP contribution in [0.5, 0.6) is 11.5 Å². The molecule has 0 saturated heterocycles. The van der Waals surface area contributed by atoms with Gasteiger partial charge in [-0.3, -0.25) is 24.3 Å². The maximum absolute atomic E-state index is 13.6. The number of hydrogen-bond donors (Lipinski definition) is 10. The van der Waals surface area contributed by atoms with Crippen LogP contribution in [0, 0.1) is 0 Å². The molecule has 3 rings (SSSR count). The number of hydroxylamine groups is 6. The lowest BCUT2D eigenvalue weighted by Gasteiger charge is -2.30. The Kier molecular flexibility index (Phi) is 40.1. The van der Waals surface area contributed by atoms with E-state index in [4.69, 9.17) is 22.9 Å². The molecular formula is C47H80F16N12O6+2. The van der Waals surface area contributed by atoms with Crippen molar-refractivity contribution in [2.45, 2.75) is 25.3 Å². The largest absolute Gasteiger partial charge is 0.507 e. The average Bonchev–Trinajstić information content (AvgIpc) is 3.34. The molecule has 18 nitrogen and oxygen atoms in total. The van der Waals surface area contributed by atoms with Crippen LogP contribution in [0.1, 0.15) is 31.8 Å². The monoisotopic (exact) mass is 1210 g/mol. The van der Waals surface area contributed by atoms with Gasteiger partial charge in [0.25, 0.3) is 12.9 Å². The van der Waals surface area contributed by atoms with Gasteiger partial charge in [0.15, 0.2) is 0 Å². The lowest BCUT2D eigenvalue weighted by Crippen LogP contribution is -2.50. The molecule has 1 aliphatic carbocycles. The fourth-order valence-corrected chi connectivity index (χ4v) is 7.27. The summed E-state index contributed by atoms with van der Waals surface area (Å²) in [6.07, 6.45) is -13.5. The van der Waals surface area contributed by atoms with Gasteiger partial charge in [0.05, 0.1) is 55.0 Å². The molecule has 0 saturated carbocycles. The maximum Gasteiger partial charge on any atom is 0.459 e. The molecule has 0 radical (unpaired) electrons. The van der Waals surface area contributed by atoms with Gasteiger partial charge in [-0.1, -0.05) is 0 Å². The van der Waals surface area contributed by atoms with Gasteiger partial charge in [0, 0.05) is 76.8 Å². The van der Waals surface area contributed by atoms with Crippen molar-refractivity contribution in [3.8, 4) is 11.5 Å². The number of alkyl halides is 16. The normalized spacial score (nSPS) is 12.6. The van der Waals surface area contributed by atoms with Gasteiger partial charge in [0.1, 0.15) is 90.8 Å². The van der Waals surface area contributed by atoms with E-state index in [-0.39, 0.29) is 119 Å². The molecule has 34 heteroatoms. The minimum absolute atomic E-state index is 0.0238. The van der Waals surface area contributed by atoms with Crippen LogP contribution in [0.25, 0.3) is 0 Å². The Morgan fingerprint density at radius 3 is 1.12 bits per heavy atom. The molecule has 14 N–H and O–H groups in total. The summed E-state index contributed by atoms with van der Waals surface area (Å²) in [4.78, 5) is 31.2. The van der Waals surface area contributed by atoms with Crippen LogP contribution in [-0.4, -0.2) is 278 Å². The summed E-state index contributed by atoms with van der Waals surface area (Å²) in [5.74, 6) is -2.64. The molecule has 0 aliphatic heterocycles. The highest BCUT2D eigenvalue weighted by Gasteiger charge is 2.39. The fraction of sp³-hybridized carbons (Fsp3) is 0.702. The highest BCUT2D eigenvalue weighted by Crippen LogP contribution is 2.42. The van der Waals surface area contributed by atoms with Gasteiger partial charge in [-0.05, 0) is 38.4 Å². The minimum Gasteiger partial charge on any atom is -0.507 e. The second-order valence-corrected chi connectivity index (χ2v) is 17.7. The van der Waals surface area contributed by atoms with Crippen molar-refractivity contribution in [3.63, 3.8) is 0 Å². The molecule has 0 fully saturated rings. The van der Waals surface area contributed by atoms with Gasteiger partial charge < -0.3 is 43.8 Å². The Balaban J connectivity index is 0. The number of quaternary nitrogens is 2. The Labute approximate surface area is 460 Å². The smallest absolute Gasteiger partial charge is 0.459 e. The third-order valence-corrected chi connectivity index (χ3v) is 11.3. The summed E-state index contributed by atoms with van der Waals surface area (Å²) in [7, 11) is 2.35. The fourth-order valence-electron chi connectivity index (χ4n) is 7.27. The second-order valence-electron chi connectivity index (χ2n) is 17.7. The van der Waals surface area contributed by atoms with E-state index in [1.54, 1.807) is 4.90 Å². The molecule has 1 aliphatic rings. The third kappa shape index (κ3) is 32.1. The molecule has 2 aromatic carbocycles. The number of fused-ring (bicyclic) bond motifs is 2. The van der Waals surface area contributed by atoms with Crippen molar-refractivity contribution >= 4 is 22.9 Å². The van der Waals surface area contributed by atoms with E-state index in [0.717, 1.165) is 29.0 Å². The number of ketones is 2. The summed E-state index contributed by atoms with van der Waals surface area (Å²) in [6.45, 7) is -6.09. The van der Waals surface area contributed by atoms with Crippen molar-refractivity contribution in [1.29, 1.82) is 0 Å². The van der Waals surface area contributed by atoms with Crippen molar-refractivity contribution in [2.75, 3.05) is 202 Å². The maximum atomic E-state index is 13.6. The van der Waals surface area contributed by atoms with Gasteiger partial charge in [-0.15, -0.1) is 0 Å². The van der Waals surface area contributed by atoms with Crippen molar-refractivity contribution in [1.82, 2.24) is 19.6 Å². The number of benzene rings is 2. The number of carbonyl (C=O) groups excluding carboxylic acids is 2. The molecule has 0 amide bonds. The van der Waals surface area contributed by atoms with E-state index in [9.17, 15) is 100 Å². The first-order valence-corrected chi connectivity index (χ1v) is 25.1. The topological polar surface area (TPSA) is 256 Å². The summed E-state index contributed by atoms with van der Waals surface area (Å²) in [5.41, 5.74) is 19.3. The summed E-state index contributed by atoms with van der Waals surface area (Å²) in [6, 6.07) is 5.02. The second kappa shape index (κ2) is 41.4. The van der Waals surface area contributed by atoms with Gasteiger partial charge in [-0.2, -0.15) is 35.6 Å².